The molecule has 0 radical (unpaired) electrons. The molecule has 1 unspecified atom stereocenters. The van der Waals surface area contributed by atoms with E-state index in [1.807, 2.05) is 0 Å². The van der Waals surface area contributed by atoms with Crippen molar-refractivity contribution in [1.82, 2.24) is 0 Å². The van der Waals surface area contributed by atoms with Crippen molar-refractivity contribution < 1.29 is 9.15 Å². The van der Waals surface area contributed by atoms with E-state index >= 15 is 0 Å². The second-order valence-electron chi connectivity index (χ2n) is 3.96. The minimum atomic E-state index is 0.548. The van der Waals surface area contributed by atoms with Crippen LogP contribution >= 0.6 is 0 Å². The minimum absolute atomic E-state index is 0.548. The molecule has 0 aromatic carbocycles. The molecule has 0 aliphatic carbocycles. The maximum Gasteiger partial charge on any atom is 0.340 e. The standard InChI is InChI=1S/C11H22N2/c1-6-7-8-13-10(3)9(2)12(5)11(13)4/h11H,6-8H2,1-5H3/q+2. The second kappa shape index (κ2) is 4.03. The van der Waals surface area contributed by atoms with Crippen LogP contribution in [-0.2, 0) is 0 Å². The summed E-state index contributed by atoms with van der Waals surface area (Å²) < 4.78 is 4.85. The summed E-state index contributed by atoms with van der Waals surface area (Å²) in [4.78, 5) is 0. The zero-order chi connectivity index (χ0) is 10.0. The van der Waals surface area contributed by atoms with Gasteiger partial charge < -0.3 is 0 Å². The van der Waals surface area contributed by atoms with E-state index in [0.717, 1.165) is 0 Å². The fourth-order valence-electron chi connectivity index (χ4n) is 1.92. The Labute approximate surface area is 81.6 Å². The number of rotatable bonds is 3. The van der Waals surface area contributed by atoms with Crippen LogP contribution in [0.15, 0.2) is 0 Å². The van der Waals surface area contributed by atoms with E-state index in [0.29, 0.717) is 6.17 Å². The molecule has 0 saturated carbocycles. The summed E-state index contributed by atoms with van der Waals surface area (Å²) in [6.45, 7) is 10.2. The van der Waals surface area contributed by atoms with Crippen molar-refractivity contribution in [3.05, 3.63) is 0 Å². The van der Waals surface area contributed by atoms with Crippen LogP contribution in [0.2, 0.25) is 0 Å². The van der Waals surface area contributed by atoms with Gasteiger partial charge in [0.2, 0.25) is 11.4 Å². The molecule has 1 atom stereocenters. The first-order valence-electron chi connectivity index (χ1n) is 5.26. The van der Waals surface area contributed by atoms with Gasteiger partial charge in [-0.3, -0.25) is 0 Å². The molecule has 0 N–H and O–H groups in total. The first-order chi connectivity index (χ1) is 6.09. The molecule has 2 heteroatoms. The summed E-state index contributed by atoms with van der Waals surface area (Å²) in [7, 11) is 2.18. The van der Waals surface area contributed by atoms with Crippen LogP contribution in [0.3, 0.4) is 0 Å². The van der Waals surface area contributed by atoms with Gasteiger partial charge in [-0.15, -0.1) is 0 Å². The zero-order valence-electron chi connectivity index (χ0n) is 9.59. The van der Waals surface area contributed by atoms with Gasteiger partial charge in [-0.05, 0) is 0 Å². The molecule has 2 nitrogen and oxygen atoms in total. The molecule has 74 valence electrons. The highest BCUT2D eigenvalue weighted by Gasteiger charge is 2.36. The lowest BCUT2D eigenvalue weighted by Crippen LogP contribution is -2.29. The van der Waals surface area contributed by atoms with Gasteiger partial charge in [0.05, 0.1) is 6.92 Å². The van der Waals surface area contributed by atoms with Gasteiger partial charge in [0.25, 0.3) is 0 Å². The number of hydrogen-bond acceptors (Lipinski definition) is 0. The van der Waals surface area contributed by atoms with Crippen molar-refractivity contribution >= 4 is 11.4 Å². The molecule has 1 heterocycles. The Kier molecular flexibility index (Phi) is 3.23. The van der Waals surface area contributed by atoms with Gasteiger partial charge in [-0.1, -0.05) is 13.3 Å². The molecule has 13 heavy (non-hydrogen) atoms. The number of unbranched alkanes of at least 4 members (excludes halogenated alkanes) is 1. The van der Waals surface area contributed by atoms with Crippen molar-refractivity contribution in [2.75, 3.05) is 13.6 Å². The molecule has 0 bridgehead atoms. The second-order valence-corrected chi connectivity index (χ2v) is 3.96. The molecule has 0 aromatic heterocycles. The normalized spacial score (nSPS) is 23.3. The average molecular weight is 182 g/mol. The summed E-state index contributed by atoms with van der Waals surface area (Å²) in [6, 6.07) is 0. The van der Waals surface area contributed by atoms with Gasteiger partial charge in [0.15, 0.2) is 0 Å². The largest absolute Gasteiger partial charge is 0.340 e. The van der Waals surface area contributed by atoms with Gasteiger partial charge in [-0.25, -0.2) is 0 Å². The minimum Gasteiger partial charge on any atom is -0.171 e. The number of nitrogens with zero attached hydrogens (tertiary/aromatic N) is 2. The van der Waals surface area contributed by atoms with Crippen LogP contribution in [0.25, 0.3) is 0 Å². The first-order valence-corrected chi connectivity index (χ1v) is 5.26. The van der Waals surface area contributed by atoms with Crippen molar-refractivity contribution in [1.29, 1.82) is 0 Å². The summed E-state index contributed by atoms with van der Waals surface area (Å²) in [5.41, 5.74) is 2.87. The van der Waals surface area contributed by atoms with E-state index in [4.69, 9.17) is 0 Å². The fourth-order valence-corrected chi connectivity index (χ4v) is 1.92. The highest BCUT2D eigenvalue weighted by atomic mass is 15.3. The third-order valence-electron chi connectivity index (χ3n) is 3.25. The summed E-state index contributed by atoms with van der Waals surface area (Å²) in [5, 5.41) is 0. The fraction of sp³-hybridized carbons (Fsp3) is 0.818. The van der Waals surface area contributed by atoms with Crippen LogP contribution < -0.4 is 0 Å². The SMILES string of the molecule is CCCC[N+]1=C(C)C(C)=[N+](C)C1C. The molecule has 0 saturated heterocycles. The van der Waals surface area contributed by atoms with Crippen LogP contribution in [0.4, 0.5) is 0 Å². The highest BCUT2D eigenvalue weighted by molar-refractivity contribution is 6.36. The van der Waals surface area contributed by atoms with Gasteiger partial charge in [0.1, 0.15) is 13.6 Å². The maximum absolute atomic E-state index is 2.50. The molecular formula is C11H22N2+2. The van der Waals surface area contributed by atoms with E-state index < -0.39 is 0 Å². The van der Waals surface area contributed by atoms with Crippen molar-refractivity contribution in [2.24, 2.45) is 0 Å². The predicted octanol–water partition coefficient (Wildman–Crippen LogP) is 1.72. The van der Waals surface area contributed by atoms with E-state index in [-0.39, 0.29) is 0 Å². The Morgan fingerprint density at radius 3 is 2.23 bits per heavy atom. The van der Waals surface area contributed by atoms with Crippen LogP contribution in [0.5, 0.6) is 0 Å². The smallest absolute Gasteiger partial charge is 0.171 e. The lowest BCUT2D eigenvalue weighted by molar-refractivity contribution is -0.748. The Morgan fingerprint density at radius 1 is 1.23 bits per heavy atom. The molecule has 0 aromatic rings. The van der Waals surface area contributed by atoms with Crippen LogP contribution in [0, 0.1) is 0 Å². The summed E-state index contributed by atoms with van der Waals surface area (Å²) >= 11 is 0. The van der Waals surface area contributed by atoms with Crippen LogP contribution in [-0.4, -0.2) is 40.3 Å². The van der Waals surface area contributed by atoms with Crippen LogP contribution in [0.1, 0.15) is 40.5 Å². The summed E-state index contributed by atoms with van der Waals surface area (Å²) in [5.74, 6) is 0. The lowest BCUT2D eigenvalue weighted by atomic mass is 10.2. The molecule has 1 rings (SSSR count). The third-order valence-corrected chi connectivity index (χ3v) is 3.25. The van der Waals surface area contributed by atoms with Gasteiger partial charge in [0, 0.05) is 20.3 Å². The third kappa shape index (κ3) is 1.82. The van der Waals surface area contributed by atoms with Gasteiger partial charge >= 0.3 is 6.17 Å². The average Bonchev–Trinajstić information content (AvgIpc) is 2.30. The molecule has 0 spiro atoms. The zero-order valence-corrected chi connectivity index (χ0v) is 9.59. The monoisotopic (exact) mass is 182 g/mol. The van der Waals surface area contributed by atoms with E-state index in [1.165, 1.54) is 30.8 Å². The predicted molar refractivity (Wildman–Crippen MR) is 57.0 cm³/mol. The van der Waals surface area contributed by atoms with E-state index in [9.17, 15) is 0 Å². The Hall–Kier alpha value is -0.660. The number of hydrogen-bond donors (Lipinski definition) is 0. The Balaban J connectivity index is 2.78. The molecular weight excluding hydrogens is 160 g/mol. The molecule has 1 aliphatic rings. The molecule has 1 aliphatic heterocycles. The molecule has 0 fully saturated rings. The lowest BCUT2D eigenvalue weighted by Gasteiger charge is -2.02. The van der Waals surface area contributed by atoms with Crippen molar-refractivity contribution in [3.63, 3.8) is 0 Å². The summed E-state index contributed by atoms with van der Waals surface area (Å²) in [6.07, 6.45) is 3.12. The van der Waals surface area contributed by atoms with E-state index in [1.54, 1.807) is 0 Å². The quantitative estimate of drug-likeness (QED) is 0.586. The topological polar surface area (TPSA) is 6.02 Å². The Bertz CT molecular complexity index is 261. The molecule has 0 amide bonds. The van der Waals surface area contributed by atoms with Gasteiger partial charge in [-0.2, -0.15) is 9.15 Å². The van der Waals surface area contributed by atoms with Crippen molar-refractivity contribution in [2.45, 2.75) is 46.7 Å². The van der Waals surface area contributed by atoms with Crippen molar-refractivity contribution in [3.8, 4) is 0 Å². The van der Waals surface area contributed by atoms with E-state index in [2.05, 4.69) is 43.9 Å². The highest BCUT2D eigenvalue weighted by Crippen LogP contribution is 2.05. The maximum atomic E-state index is 2.50. The first kappa shape index (κ1) is 10.4. The Morgan fingerprint density at radius 2 is 1.85 bits per heavy atom.